The predicted molar refractivity (Wildman–Crippen MR) is 420 cm³/mol. The summed E-state index contributed by atoms with van der Waals surface area (Å²) in [5.74, 6) is -1.80. The van der Waals surface area contributed by atoms with Gasteiger partial charge >= 0.3 is 0 Å². The molecule has 7 amide bonds. The van der Waals surface area contributed by atoms with Crippen molar-refractivity contribution in [1.82, 2.24) is 59.3 Å². The van der Waals surface area contributed by atoms with Gasteiger partial charge in [-0.05, 0) is 188 Å². The van der Waals surface area contributed by atoms with E-state index in [2.05, 4.69) is 29.9 Å². The Morgan fingerprint density at radius 1 is 0.189 bits per heavy atom. The highest BCUT2D eigenvalue weighted by Gasteiger charge is 2.26. The zero-order valence-corrected chi connectivity index (χ0v) is 60.9. The monoisotopic (exact) mass is 1470 g/mol. The van der Waals surface area contributed by atoms with E-state index in [0.29, 0.717) is 52.0 Å². The zero-order valence-electron chi connectivity index (χ0n) is 60.9. The third-order valence-corrected chi connectivity index (χ3v) is 18.8. The Kier molecular flexibility index (Phi) is 24.9. The van der Waals surface area contributed by atoms with E-state index in [1.165, 1.54) is 0 Å². The van der Waals surface area contributed by atoms with Gasteiger partial charge in [0.2, 0.25) is 5.91 Å². The summed E-state index contributed by atoms with van der Waals surface area (Å²) in [4.78, 5) is 135. The molecule has 0 aliphatic heterocycles. The predicted octanol–water partition coefficient (Wildman–Crippen LogP) is 14.2. The molecule has 13 rings (SSSR count). The van der Waals surface area contributed by atoms with Crippen LogP contribution in [0.15, 0.2) is 323 Å². The summed E-state index contributed by atoms with van der Waals surface area (Å²) in [5, 5.41) is 0. The van der Waals surface area contributed by atoms with Crippen LogP contribution in [0.25, 0.3) is 0 Å². The summed E-state index contributed by atoms with van der Waals surface area (Å²) in [7, 11) is 0. The maximum atomic E-state index is 14.8. The van der Waals surface area contributed by atoms with Crippen LogP contribution >= 0.6 is 0 Å². The molecule has 0 bridgehead atoms. The number of benzene rings is 7. The highest BCUT2D eigenvalue weighted by Crippen LogP contribution is 2.25. The number of nitrogens with two attached hydrogens (primary N) is 1. The van der Waals surface area contributed by atoms with E-state index in [1.807, 2.05) is 152 Å². The van der Waals surface area contributed by atoms with Crippen molar-refractivity contribution >= 4 is 41.4 Å². The van der Waals surface area contributed by atoms with Crippen LogP contribution in [0.5, 0.6) is 0 Å². The SMILES string of the molecule is NC(=O)c1ccc(CN(Cc2cccnc2)C(=O)c2ccc(CN(Cc3cccnc3)C(=O)c3ccc(CN(Cc4cccnc4)C(=O)c4ccc(CN(Cc5cccnc5)C(=O)c5ccc(CN(Cc6cccnc6)C(=O)c6ccc(CN(Cc7cccnc7)C(=O)c7ccccc7)cc6)cc5)cc4)cc3)cc2)cc1. The molecule has 0 fully saturated rings. The van der Waals surface area contributed by atoms with Crippen LogP contribution < -0.4 is 5.73 Å². The number of carbonyl (C=O) groups excluding carboxylic acids is 7. The summed E-state index contributed by atoms with van der Waals surface area (Å²) in [6.07, 6.45) is 20.5. The Labute approximate surface area is 643 Å². The summed E-state index contributed by atoms with van der Waals surface area (Å²) in [5.41, 5.74) is 18.5. The molecule has 20 heteroatoms. The minimum Gasteiger partial charge on any atom is -0.366 e. The molecule has 0 spiro atoms. The summed E-state index contributed by atoms with van der Waals surface area (Å²) in [6, 6.07) is 74.9. The Balaban J connectivity index is 0.677. The van der Waals surface area contributed by atoms with Crippen LogP contribution in [0.2, 0.25) is 0 Å². The highest BCUT2D eigenvalue weighted by atomic mass is 16.2. The van der Waals surface area contributed by atoms with Gasteiger partial charge in [0, 0.05) is 192 Å². The van der Waals surface area contributed by atoms with Crippen molar-refractivity contribution in [2.45, 2.75) is 78.5 Å². The molecular formula is C91H79N13O7. The molecule has 6 heterocycles. The van der Waals surface area contributed by atoms with E-state index in [4.69, 9.17) is 5.73 Å². The normalized spacial score (nSPS) is 10.9. The number of nitrogens with zero attached hydrogens (tertiary/aromatic N) is 12. The van der Waals surface area contributed by atoms with Crippen molar-refractivity contribution in [2.75, 3.05) is 0 Å². The van der Waals surface area contributed by atoms with E-state index < -0.39 is 5.91 Å². The Bertz CT molecular complexity index is 5260. The smallest absolute Gasteiger partial charge is 0.254 e. The van der Waals surface area contributed by atoms with Crippen LogP contribution in [0.4, 0.5) is 0 Å². The summed E-state index contributed by atoms with van der Waals surface area (Å²) >= 11 is 0. The fraction of sp³-hybridized carbons (Fsp3) is 0.132. The van der Waals surface area contributed by atoms with Gasteiger partial charge in [0.25, 0.3) is 35.4 Å². The largest absolute Gasteiger partial charge is 0.366 e. The van der Waals surface area contributed by atoms with E-state index in [0.717, 1.165) is 66.8 Å². The van der Waals surface area contributed by atoms with E-state index in [1.54, 1.807) is 201 Å². The molecule has 0 saturated heterocycles. The number of hydrogen-bond donors (Lipinski definition) is 1. The molecule has 0 atom stereocenters. The molecule has 13 aromatic rings. The van der Waals surface area contributed by atoms with Crippen molar-refractivity contribution in [1.29, 1.82) is 0 Å². The zero-order chi connectivity index (χ0) is 76.7. The van der Waals surface area contributed by atoms with Crippen molar-refractivity contribution in [3.05, 3.63) is 429 Å². The second-order valence-electron chi connectivity index (χ2n) is 27.0. The molecule has 550 valence electrons. The Morgan fingerprint density at radius 3 is 0.514 bits per heavy atom. The molecule has 7 aromatic carbocycles. The molecule has 0 aliphatic carbocycles. The number of pyridine rings is 6. The lowest BCUT2D eigenvalue weighted by molar-refractivity contribution is 0.0718. The average molecular weight is 1470 g/mol. The molecule has 6 aromatic heterocycles. The molecule has 111 heavy (non-hydrogen) atoms. The highest BCUT2D eigenvalue weighted by molar-refractivity contribution is 5.98. The van der Waals surface area contributed by atoms with Crippen molar-refractivity contribution in [3.8, 4) is 0 Å². The van der Waals surface area contributed by atoms with Crippen molar-refractivity contribution in [2.24, 2.45) is 5.73 Å². The van der Waals surface area contributed by atoms with Gasteiger partial charge in [0.15, 0.2) is 0 Å². The van der Waals surface area contributed by atoms with Crippen LogP contribution in [0.3, 0.4) is 0 Å². The minimum absolute atomic E-state index is 0.125. The van der Waals surface area contributed by atoms with Gasteiger partial charge in [0.05, 0.1) is 0 Å². The number of primary amides is 1. The number of carbonyl (C=O) groups is 7. The second-order valence-corrected chi connectivity index (χ2v) is 27.0. The standard InChI is InChI=1S/C91H79N13O7/c92-85(105)78-30-18-66(19-31-78)54-100(61-73-11-5-43-94-49-73)87(107)80-34-22-68(23-35-80)56-102(63-75-13-7-45-96-51-75)89(109)82-38-26-70(27-39-82)58-104(65-77-15-9-47-98-53-77)91(111)84-40-28-71(29-41-84)59-103(64-76-14-8-46-97-52-76)90(110)83-36-24-69(25-37-83)57-101(62-74-12-6-44-95-50-74)88(108)81-32-20-67(21-33-81)55-99(60-72-10-4-42-93-48-72)86(106)79-16-2-1-3-17-79/h1-53H,54-65H2,(H2,92,105). The van der Waals surface area contributed by atoms with Crippen LogP contribution in [0, 0.1) is 0 Å². The van der Waals surface area contributed by atoms with Crippen molar-refractivity contribution < 1.29 is 33.6 Å². The first-order valence-corrected chi connectivity index (χ1v) is 36.2. The van der Waals surface area contributed by atoms with Gasteiger partial charge in [-0.3, -0.25) is 63.5 Å². The fourth-order valence-corrected chi connectivity index (χ4v) is 13.0. The lowest BCUT2D eigenvalue weighted by Crippen LogP contribution is -2.31. The number of rotatable bonds is 31. The van der Waals surface area contributed by atoms with Crippen LogP contribution in [-0.2, 0) is 78.5 Å². The van der Waals surface area contributed by atoms with Crippen LogP contribution in [0.1, 0.15) is 139 Å². The van der Waals surface area contributed by atoms with Gasteiger partial charge < -0.3 is 35.1 Å². The molecule has 2 N–H and O–H groups in total. The molecule has 0 radical (unpaired) electrons. The first-order chi connectivity index (χ1) is 54.3. The van der Waals surface area contributed by atoms with Gasteiger partial charge in [0.1, 0.15) is 0 Å². The average Bonchev–Trinajstić information content (AvgIpc) is 0.828. The van der Waals surface area contributed by atoms with Crippen LogP contribution in [-0.4, -0.2) is 101 Å². The van der Waals surface area contributed by atoms with E-state index in [9.17, 15) is 33.6 Å². The van der Waals surface area contributed by atoms with Crippen molar-refractivity contribution in [3.63, 3.8) is 0 Å². The lowest BCUT2D eigenvalue weighted by Gasteiger charge is -2.25. The van der Waals surface area contributed by atoms with Gasteiger partial charge in [-0.25, -0.2) is 0 Å². The maximum absolute atomic E-state index is 14.8. The molecule has 0 saturated carbocycles. The first kappa shape index (κ1) is 75.0. The quantitative estimate of drug-likeness (QED) is 0.0425. The minimum atomic E-state index is -0.538. The third kappa shape index (κ3) is 20.7. The lowest BCUT2D eigenvalue weighted by atomic mass is 10.1. The first-order valence-electron chi connectivity index (χ1n) is 36.2. The summed E-state index contributed by atoms with van der Waals surface area (Å²) < 4.78 is 0. The summed E-state index contributed by atoms with van der Waals surface area (Å²) in [6.45, 7) is 3.03. The molecular weight excluding hydrogens is 1390 g/mol. The fourth-order valence-electron chi connectivity index (χ4n) is 13.0. The maximum Gasteiger partial charge on any atom is 0.254 e. The molecule has 20 nitrogen and oxygen atoms in total. The van der Waals surface area contributed by atoms with Gasteiger partial charge in [-0.1, -0.05) is 127 Å². The van der Waals surface area contributed by atoms with Gasteiger partial charge in [-0.15, -0.1) is 0 Å². The topological polar surface area (TPSA) is 242 Å². The Hall–Kier alpha value is -14.3. The number of hydrogen-bond acceptors (Lipinski definition) is 13. The molecule has 0 aliphatic rings. The Morgan fingerprint density at radius 2 is 0.351 bits per heavy atom. The van der Waals surface area contributed by atoms with E-state index in [-0.39, 0.29) is 101 Å². The number of amides is 7. The second kappa shape index (κ2) is 36.8. The molecule has 0 unspecified atom stereocenters. The van der Waals surface area contributed by atoms with E-state index >= 15 is 0 Å². The van der Waals surface area contributed by atoms with Gasteiger partial charge in [-0.2, -0.15) is 0 Å². The number of aromatic nitrogens is 6. The third-order valence-electron chi connectivity index (χ3n) is 18.8.